The highest BCUT2D eigenvalue weighted by Gasteiger charge is 2.05. The van der Waals surface area contributed by atoms with Gasteiger partial charge in [-0.2, -0.15) is 0 Å². The third-order valence-electron chi connectivity index (χ3n) is 4.20. The molecule has 2 aromatic carbocycles. The van der Waals surface area contributed by atoms with Gasteiger partial charge in [0.25, 0.3) is 0 Å². The van der Waals surface area contributed by atoms with Gasteiger partial charge in [0.15, 0.2) is 5.11 Å². The summed E-state index contributed by atoms with van der Waals surface area (Å²) in [4.78, 5) is 3.30. The Morgan fingerprint density at radius 3 is 2.56 bits per heavy atom. The van der Waals surface area contributed by atoms with E-state index in [2.05, 4.69) is 52.1 Å². The average Bonchev–Trinajstić information content (AvgIpc) is 3.05. The molecule has 0 saturated heterocycles. The number of hydrogen-bond donors (Lipinski definition) is 3. The minimum absolute atomic E-state index is 0.702. The second-order valence-electron chi connectivity index (χ2n) is 5.89. The number of rotatable bonds is 7. The number of aromatic amines is 1. The Kier molecular flexibility index (Phi) is 5.90. The lowest BCUT2D eigenvalue weighted by molar-refractivity contribution is 0.415. The van der Waals surface area contributed by atoms with Crippen LogP contribution in [0.4, 0.5) is 0 Å². The van der Waals surface area contributed by atoms with E-state index < -0.39 is 0 Å². The molecule has 0 unspecified atom stereocenters. The monoisotopic (exact) mass is 353 g/mol. The van der Waals surface area contributed by atoms with Gasteiger partial charge in [-0.1, -0.05) is 30.3 Å². The quantitative estimate of drug-likeness (QED) is 0.570. The molecule has 3 N–H and O–H groups in total. The van der Waals surface area contributed by atoms with Crippen LogP contribution >= 0.6 is 12.2 Å². The van der Waals surface area contributed by atoms with Crippen molar-refractivity contribution in [3.05, 3.63) is 65.9 Å². The van der Waals surface area contributed by atoms with E-state index >= 15 is 0 Å². The highest BCUT2D eigenvalue weighted by atomic mass is 32.1. The maximum atomic E-state index is 5.35. The van der Waals surface area contributed by atoms with E-state index in [-0.39, 0.29) is 0 Å². The fourth-order valence-corrected chi connectivity index (χ4v) is 3.03. The van der Waals surface area contributed by atoms with E-state index in [0.717, 1.165) is 37.2 Å². The minimum Gasteiger partial charge on any atom is -0.497 e. The highest BCUT2D eigenvalue weighted by molar-refractivity contribution is 7.80. The van der Waals surface area contributed by atoms with Crippen LogP contribution in [0.2, 0.25) is 0 Å². The first-order valence-corrected chi connectivity index (χ1v) is 8.87. The van der Waals surface area contributed by atoms with Crippen LogP contribution in [0.5, 0.6) is 5.75 Å². The molecule has 1 aromatic heterocycles. The van der Waals surface area contributed by atoms with Crippen LogP contribution in [0, 0.1) is 0 Å². The van der Waals surface area contributed by atoms with Gasteiger partial charge < -0.3 is 20.4 Å². The summed E-state index contributed by atoms with van der Waals surface area (Å²) in [5.74, 6) is 0.874. The van der Waals surface area contributed by atoms with E-state index in [1.54, 1.807) is 7.11 Å². The molecular weight excluding hydrogens is 330 g/mol. The number of nitrogens with one attached hydrogen (secondary N) is 3. The van der Waals surface area contributed by atoms with Gasteiger partial charge in [-0.3, -0.25) is 0 Å². The summed E-state index contributed by atoms with van der Waals surface area (Å²) >= 11 is 5.35. The topological polar surface area (TPSA) is 49.1 Å². The predicted octanol–water partition coefficient (Wildman–Crippen LogP) is 3.43. The number of thiocarbonyl (C=S) groups is 1. The van der Waals surface area contributed by atoms with Crippen LogP contribution < -0.4 is 15.4 Å². The molecular formula is C20H23N3OS. The first-order valence-electron chi connectivity index (χ1n) is 8.46. The summed E-state index contributed by atoms with van der Waals surface area (Å²) < 4.78 is 5.31. The van der Waals surface area contributed by atoms with Crippen LogP contribution in [-0.4, -0.2) is 30.3 Å². The Bertz CT molecular complexity index is 829. The van der Waals surface area contributed by atoms with Crippen LogP contribution in [0.1, 0.15) is 11.1 Å². The van der Waals surface area contributed by atoms with Crippen molar-refractivity contribution in [1.29, 1.82) is 0 Å². The Labute approximate surface area is 153 Å². The van der Waals surface area contributed by atoms with Crippen LogP contribution in [-0.2, 0) is 12.8 Å². The Hall–Kier alpha value is -2.53. The van der Waals surface area contributed by atoms with Crippen molar-refractivity contribution in [3.63, 3.8) is 0 Å². The van der Waals surface area contributed by atoms with E-state index in [1.807, 2.05) is 18.2 Å². The van der Waals surface area contributed by atoms with Crippen molar-refractivity contribution in [2.24, 2.45) is 0 Å². The second-order valence-corrected chi connectivity index (χ2v) is 6.30. The number of aromatic nitrogens is 1. The van der Waals surface area contributed by atoms with Crippen LogP contribution in [0.15, 0.2) is 54.7 Å². The smallest absolute Gasteiger partial charge is 0.166 e. The molecule has 3 aromatic rings. The molecule has 0 radical (unpaired) electrons. The average molecular weight is 353 g/mol. The number of benzene rings is 2. The molecule has 4 nitrogen and oxygen atoms in total. The van der Waals surface area contributed by atoms with Gasteiger partial charge in [-0.25, -0.2) is 0 Å². The molecule has 3 rings (SSSR count). The molecule has 5 heteroatoms. The number of hydrogen-bond acceptors (Lipinski definition) is 2. The van der Waals surface area contributed by atoms with Crippen molar-refractivity contribution < 1.29 is 4.74 Å². The normalized spacial score (nSPS) is 10.6. The minimum atomic E-state index is 0.702. The van der Waals surface area contributed by atoms with Gasteiger partial charge in [-0.05, 0) is 54.4 Å². The van der Waals surface area contributed by atoms with E-state index in [4.69, 9.17) is 17.0 Å². The summed E-state index contributed by atoms with van der Waals surface area (Å²) in [7, 11) is 1.69. The lowest BCUT2D eigenvalue weighted by Gasteiger charge is -2.10. The largest absolute Gasteiger partial charge is 0.497 e. The number of fused-ring (bicyclic) bond motifs is 1. The molecule has 0 aliphatic carbocycles. The summed E-state index contributed by atoms with van der Waals surface area (Å²) in [6, 6.07) is 16.5. The zero-order chi connectivity index (χ0) is 17.5. The predicted molar refractivity (Wildman–Crippen MR) is 107 cm³/mol. The van der Waals surface area contributed by atoms with Crippen molar-refractivity contribution >= 4 is 28.2 Å². The fraction of sp³-hybridized carbons (Fsp3) is 0.250. The molecule has 0 saturated carbocycles. The number of ether oxygens (including phenoxy) is 1. The fourth-order valence-electron chi connectivity index (χ4n) is 2.83. The molecule has 0 amide bonds. The van der Waals surface area contributed by atoms with Gasteiger partial charge in [0, 0.05) is 30.2 Å². The standard InChI is InChI=1S/C20H23N3OS/c1-24-17-7-8-19-18(13-17)16(14-23-19)10-12-22-20(25)21-11-9-15-5-3-2-4-6-15/h2-8,13-14,23H,9-12H2,1H3,(H2,21,22,25). The van der Waals surface area contributed by atoms with E-state index in [9.17, 15) is 0 Å². The van der Waals surface area contributed by atoms with Crippen molar-refractivity contribution in [2.75, 3.05) is 20.2 Å². The summed E-state index contributed by atoms with van der Waals surface area (Å²) in [6.45, 7) is 1.63. The third kappa shape index (κ3) is 4.73. The third-order valence-corrected chi connectivity index (χ3v) is 4.49. The van der Waals surface area contributed by atoms with Crippen molar-refractivity contribution in [1.82, 2.24) is 15.6 Å². The van der Waals surface area contributed by atoms with Crippen LogP contribution in [0.25, 0.3) is 10.9 Å². The molecule has 1 heterocycles. The Morgan fingerprint density at radius 1 is 1.04 bits per heavy atom. The number of H-pyrrole nitrogens is 1. The molecule has 0 spiro atoms. The molecule has 0 bridgehead atoms. The molecule has 130 valence electrons. The summed E-state index contributed by atoms with van der Waals surface area (Å²) in [5, 5.41) is 8.44. The Balaban J connectivity index is 1.44. The molecule has 0 aliphatic rings. The van der Waals surface area contributed by atoms with Gasteiger partial charge >= 0.3 is 0 Å². The molecule has 0 fully saturated rings. The van der Waals surface area contributed by atoms with Crippen molar-refractivity contribution in [2.45, 2.75) is 12.8 Å². The lowest BCUT2D eigenvalue weighted by atomic mass is 10.1. The zero-order valence-corrected chi connectivity index (χ0v) is 15.2. The van der Waals surface area contributed by atoms with Gasteiger partial charge in [0.1, 0.15) is 5.75 Å². The first-order chi connectivity index (χ1) is 12.3. The van der Waals surface area contributed by atoms with Gasteiger partial charge in [-0.15, -0.1) is 0 Å². The van der Waals surface area contributed by atoms with E-state index in [0.29, 0.717) is 5.11 Å². The first kappa shape index (κ1) is 17.3. The van der Waals surface area contributed by atoms with Gasteiger partial charge in [0.2, 0.25) is 0 Å². The molecule has 25 heavy (non-hydrogen) atoms. The van der Waals surface area contributed by atoms with Crippen molar-refractivity contribution in [3.8, 4) is 5.75 Å². The second kappa shape index (κ2) is 8.53. The molecule has 0 atom stereocenters. The summed E-state index contributed by atoms with van der Waals surface area (Å²) in [5.41, 5.74) is 3.69. The van der Waals surface area contributed by atoms with E-state index in [1.165, 1.54) is 16.5 Å². The lowest BCUT2D eigenvalue weighted by Crippen LogP contribution is -2.37. The maximum Gasteiger partial charge on any atom is 0.166 e. The van der Waals surface area contributed by atoms with Crippen LogP contribution in [0.3, 0.4) is 0 Å². The summed E-state index contributed by atoms with van der Waals surface area (Å²) in [6.07, 6.45) is 3.91. The molecule has 0 aliphatic heterocycles. The van der Waals surface area contributed by atoms with Gasteiger partial charge in [0.05, 0.1) is 7.11 Å². The SMILES string of the molecule is COc1ccc2[nH]cc(CCNC(=S)NCCc3ccccc3)c2c1. The Morgan fingerprint density at radius 2 is 1.80 bits per heavy atom. The highest BCUT2D eigenvalue weighted by Crippen LogP contribution is 2.23. The number of methoxy groups -OCH3 is 1. The maximum absolute atomic E-state index is 5.35. The zero-order valence-electron chi connectivity index (χ0n) is 14.3.